The third-order valence-corrected chi connectivity index (χ3v) is 14.0. The molecule has 0 aliphatic heterocycles. The number of ether oxygens (including phenoxy) is 3. The smallest absolute Gasteiger partial charge is 0.306 e. The molecule has 0 saturated heterocycles. The summed E-state index contributed by atoms with van der Waals surface area (Å²) in [7, 11) is 0. The Labute approximate surface area is 511 Å². The molecule has 0 radical (unpaired) electrons. The van der Waals surface area contributed by atoms with Crippen molar-refractivity contribution in [3.8, 4) is 0 Å². The first kappa shape index (κ1) is 78.0. The quantitative estimate of drug-likeness (QED) is 0.0261. The molecule has 0 bridgehead atoms. The van der Waals surface area contributed by atoms with Gasteiger partial charge in [0.25, 0.3) is 0 Å². The van der Waals surface area contributed by atoms with Crippen LogP contribution in [-0.4, -0.2) is 37.2 Å². The Hall–Kier alpha value is -4.97. The second-order valence-corrected chi connectivity index (χ2v) is 22.0. The number of carbonyl (C=O) groups excluding carboxylic acids is 3. The van der Waals surface area contributed by atoms with Crippen molar-refractivity contribution in [3.63, 3.8) is 0 Å². The average Bonchev–Trinajstić information content (AvgIpc) is 3.49. The van der Waals surface area contributed by atoms with E-state index in [4.69, 9.17) is 14.2 Å². The van der Waals surface area contributed by atoms with Gasteiger partial charge >= 0.3 is 17.9 Å². The van der Waals surface area contributed by atoms with E-state index < -0.39 is 6.10 Å². The molecule has 1 atom stereocenters. The van der Waals surface area contributed by atoms with Gasteiger partial charge in [0.2, 0.25) is 0 Å². The van der Waals surface area contributed by atoms with Crippen molar-refractivity contribution in [2.75, 3.05) is 13.2 Å². The van der Waals surface area contributed by atoms with E-state index in [2.05, 4.69) is 179 Å². The minimum atomic E-state index is -0.809. The largest absolute Gasteiger partial charge is 0.462 e. The maximum absolute atomic E-state index is 12.9. The third-order valence-electron chi connectivity index (χ3n) is 14.0. The number of hydrogen-bond donors (Lipinski definition) is 0. The lowest BCUT2D eigenvalue weighted by molar-refractivity contribution is -0.167. The number of rotatable bonds is 60. The summed E-state index contributed by atoms with van der Waals surface area (Å²) in [4.78, 5) is 38.4. The van der Waals surface area contributed by atoms with Crippen molar-refractivity contribution >= 4 is 17.9 Å². The van der Waals surface area contributed by atoms with Crippen LogP contribution >= 0.6 is 0 Å². The molecule has 0 N–H and O–H groups in total. The molecule has 0 fully saturated rings. The van der Waals surface area contributed by atoms with Crippen LogP contribution in [0, 0.1) is 0 Å². The lowest BCUT2D eigenvalue weighted by atomic mass is 10.1. The van der Waals surface area contributed by atoms with Gasteiger partial charge in [0, 0.05) is 19.3 Å². The predicted molar refractivity (Wildman–Crippen MR) is 362 cm³/mol. The maximum Gasteiger partial charge on any atom is 0.306 e. The van der Waals surface area contributed by atoms with Gasteiger partial charge in [-0.3, -0.25) is 14.4 Å². The molecule has 6 nitrogen and oxygen atoms in total. The van der Waals surface area contributed by atoms with Crippen LogP contribution in [0.4, 0.5) is 0 Å². The molecule has 6 heteroatoms. The monoisotopic (exact) mass is 1140 g/mol. The van der Waals surface area contributed by atoms with E-state index >= 15 is 0 Å². The molecule has 0 spiro atoms. The summed E-state index contributed by atoms with van der Waals surface area (Å²) in [5.74, 6) is -0.942. The van der Waals surface area contributed by atoms with Gasteiger partial charge in [-0.15, -0.1) is 0 Å². The Kier molecular flexibility index (Phi) is 65.4. The summed E-state index contributed by atoms with van der Waals surface area (Å²) in [6.45, 7) is 6.38. The van der Waals surface area contributed by atoms with Crippen molar-refractivity contribution in [2.24, 2.45) is 0 Å². The van der Waals surface area contributed by atoms with E-state index in [-0.39, 0.29) is 31.1 Å². The van der Waals surface area contributed by atoms with Gasteiger partial charge in [0.15, 0.2) is 6.10 Å². The highest BCUT2D eigenvalue weighted by molar-refractivity contribution is 5.71. The molecule has 0 saturated carbocycles. The van der Waals surface area contributed by atoms with Crippen LogP contribution in [0.1, 0.15) is 290 Å². The normalized spacial score (nSPS) is 13.1. The van der Waals surface area contributed by atoms with Gasteiger partial charge in [-0.2, -0.15) is 0 Å². The zero-order valence-corrected chi connectivity index (χ0v) is 53.7. The minimum Gasteiger partial charge on any atom is -0.462 e. The SMILES string of the molecule is CC/C=C\C/C=C\C/C=C\C/C=C\C/C=C\C/C=C\C/C=C\CCCCCCCC(=O)OCC(COC(=O)CCCCCCCCC/C=C\CCCCCCCC)OC(=O)CCCCCCC/C=C\C/C=C\C/C=C\C/C=C\C/C=C\CC. The number of hydrogen-bond acceptors (Lipinski definition) is 6. The summed E-state index contributed by atoms with van der Waals surface area (Å²) in [5, 5.41) is 0. The Morgan fingerprint density at radius 1 is 0.253 bits per heavy atom. The molecule has 0 aromatic carbocycles. The zero-order valence-electron chi connectivity index (χ0n) is 53.7. The lowest BCUT2D eigenvalue weighted by Gasteiger charge is -2.18. The van der Waals surface area contributed by atoms with E-state index in [0.717, 1.165) is 173 Å². The Morgan fingerprint density at radius 2 is 0.470 bits per heavy atom. The van der Waals surface area contributed by atoms with Crippen LogP contribution in [0.2, 0.25) is 0 Å². The van der Waals surface area contributed by atoms with Crippen LogP contribution < -0.4 is 0 Å². The second-order valence-electron chi connectivity index (χ2n) is 22.0. The number of esters is 3. The lowest BCUT2D eigenvalue weighted by Crippen LogP contribution is -2.30. The van der Waals surface area contributed by atoms with Crippen LogP contribution in [0.3, 0.4) is 0 Å². The first-order chi connectivity index (χ1) is 41.0. The van der Waals surface area contributed by atoms with Crippen molar-refractivity contribution in [3.05, 3.63) is 158 Å². The van der Waals surface area contributed by atoms with Gasteiger partial charge in [0.1, 0.15) is 13.2 Å². The number of carbonyl (C=O) groups is 3. The second kappa shape index (κ2) is 69.5. The Balaban J connectivity index is 4.49. The molecule has 83 heavy (non-hydrogen) atoms. The molecule has 0 amide bonds. The Morgan fingerprint density at radius 3 is 0.747 bits per heavy atom. The Bertz CT molecular complexity index is 1840. The fourth-order valence-electron chi connectivity index (χ4n) is 8.97. The number of unbranched alkanes of at least 4 members (excludes halogenated alkanes) is 23. The standard InChI is InChI=1S/C77H124O6/c1-4-7-10-13-16-19-22-25-28-31-33-35-36-37-38-39-40-42-43-46-49-52-55-58-61-64-67-70-76(79)82-73-74(72-81-75(78)69-66-63-60-57-54-51-48-45-30-27-24-21-18-15-12-9-6-3)83-77(80)71-68-65-62-59-56-53-50-47-44-41-34-32-29-26-23-20-17-14-11-8-5-2/h7-8,10-11,16-17,19-20,25-30,33-35,37-38,40-42,46-47,49-50,74H,4-6,9,12-15,18,21-24,31-32,36,39,43-45,48,51-73H2,1-3H3/b10-7-,11-8-,19-16-,20-17-,28-25-,29-26-,30-27-,35-33-,38-37-,41-34-,42-40-,49-46-,50-47-. The summed E-state index contributed by atoms with van der Waals surface area (Å²) in [6, 6.07) is 0. The average molecular weight is 1150 g/mol. The molecule has 0 aromatic heterocycles. The molecule has 0 aliphatic carbocycles. The van der Waals surface area contributed by atoms with Gasteiger partial charge < -0.3 is 14.2 Å². The van der Waals surface area contributed by atoms with Crippen LogP contribution in [0.25, 0.3) is 0 Å². The summed E-state index contributed by atoms with van der Waals surface area (Å²) in [6.07, 6.45) is 101. The highest BCUT2D eigenvalue weighted by Crippen LogP contribution is 2.15. The fourth-order valence-corrected chi connectivity index (χ4v) is 8.97. The van der Waals surface area contributed by atoms with E-state index in [1.54, 1.807) is 0 Å². The topological polar surface area (TPSA) is 78.9 Å². The molecule has 0 rings (SSSR count). The number of allylic oxidation sites excluding steroid dienone is 26. The first-order valence-electron chi connectivity index (χ1n) is 34.0. The van der Waals surface area contributed by atoms with E-state index in [1.165, 1.54) is 77.0 Å². The highest BCUT2D eigenvalue weighted by atomic mass is 16.6. The van der Waals surface area contributed by atoms with Crippen molar-refractivity contribution in [1.29, 1.82) is 0 Å². The summed E-state index contributed by atoms with van der Waals surface area (Å²) in [5.41, 5.74) is 0. The fraction of sp³-hybridized carbons (Fsp3) is 0.623. The summed E-state index contributed by atoms with van der Waals surface area (Å²) >= 11 is 0. The zero-order chi connectivity index (χ0) is 59.9. The molecular weight excluding hydrogens is 1020 g/mol. The van der Waals surface area contributed by atoms with Crippen LogP contribution in [0.5, 0.6) is 0 Å². The maximum atomic E-state index is 12.9. The van der Waals surface area contributed by atoms with Crippen LogP contribution in [-0.2, 0) is 28.6 Å². The third kappa shape index (κ3) is 67.7. The summed E-state index contributed by atoms with van der Waals surface area (Å²) < 4.78 is 16.9. The highest BCUT2D eigenvalue weighted by Gasteiger charge is 2.19. The van der Waals surface area contributed by atoms with Crippen LogP contribution in [0.15, 0.2) is 158 Å². The molecule has 1 unspecified atom stereocenters. The van der Waals surface area contributed by atoms with Crippen molar-refractivity contribution in [1.82, 2.24) is 0 Å². The van der Waals surface area contributed by atoms with E-state index in [1.807, 2.05) is 0 Å². The molecule has 0 aromatic rings. The van der Waals surface area contributed by atoms with E-state index in [9.17, 15) is 14.4 Å². The van der Waals surface area contributed by atoms with E-state index in [0.29, 0.717) is 19.3 Å². The van der Waals surface area contributed by atoms with Crippen molar-refractivity contribution < 1.29 is 28.6 Å². The first-order valence-corrected chi connectivity index (χ1v) is 34.0. The van der Waals surface area contributed by atoms with Gasteiger partial charge in [0.05, 0.1) is 0 Å². The van der Waals surface area contributed by atoms with Gasteiger partial charge in [-0.05, 0) is 148 Å². The van der Waals surface area contributed by atoms with Gasteiger partial charge in [-0.1, -0.05) is 281 Å². The van der Waals surface area contributed by atoms with Gasteiger partial charge in [-0.25, -0.2) is 0 Å². The predicted octanol–water partition coefficient (Wildman–Crippen LogP) is 23.7. The molecule has 0 aliphatic rings. The molecule has 468 valence electrons. The molecule has 0 heterocycles. The molecular formula is C77H124O6. The minimum absolute atomic E-state index is 0.100. The van der Waals surface area contributed by atoms with Crippen molar-refractivity contribution in [2.45, 2.75) is 297 Å².